The zero-order chi connectivity index (χ0) is 18.5. The molecule has 0 saturated heterocycles. The summed E-state index contributed by atoms with van der Waals surface area (Å²) in [4.78, 5) is 1.90. The van der Waals surface area contributed by atoms with Gasteiger partial charge in [0.05, 0.1) is 10.6 Å². The third-order valence-corrected chi connectivity index (χ3v) is 8.14. The van der Waals surface area contributed by atoms with Gasteiger partial charge < -0.3 is 5.53 Å². The zero-order valence-corrected chi connectivity index (χ0v) is 15.1. The maximum absolute atomic E-state index is 13.2. The molecule has 0 radical (unpaired) electrons. The SMILES string of the molecule is [N-]=[N+]=C(S(=O)(=O)CC=CC1CCCCC1)S(=O)(=O)c1cccc(F)c1. The lowest BCUT2D eigenvalue weighted by molar-refractivity contribution is 0.00383. The molecule has 0 heterocycles. The van der Waals surface area contributed by atoms with Crippen molar-refractivity contribution < 1.29 is 26.0 Å². The van der Waals surface area contributed by atoms with E-state index >= 15 is 0 Å². The van der Waals surface area contributed by atoms with Crippen LogP contribution in [0.5, 0.6) is 0 Å². The molecule has 1 fully saturated rings. The van der Waals surface area contributed by atoms with E-state index in [4.69, 9.17) is 5.53 Å². The van der Waals surface area contributed by atoms with E-state index in [0.29, 0.717) is 6.07 Å². The second kappa shape index (κ2) is 8.03. The van der Waals surface area contributed by atoms with Crippen LogP contribution in [-0.4, -0.2) is 31.8 Å². The monoisotopic (exact) mass is 386 g/mol. The summed E-state index contributed by atoms with van der Waals surface area (Å²) in [7, 11) is -9.04. The first kappa shape index (κ1) is 19.5. The van der Waals surface area contributed by atoms with Crippen molar-refractivity contribution in [3.8, 4) is 0 Å². The van der Waals surface area contributed by atoms with E-state index in [-0.39, 0.29) is 5.92 Å². The predicted molar refractivity (Wildman–Crippen MR) is 91.7 cm³/mol. The molecular formula is C16H19FN2O4S2. The minimum atomic E-state index is -4.65. The van der Waals surface area contributed by atoms with Crippen molar-refractivity contribution >= 4 is 24.1 Å². The summed E-state index contributed by atoms with van der Waals surface area (Å²) in [6.45, 7) is 0. The van der Waals surface area contributed by atoms with E-state index in [9.17, 15) is 21.2 Å². The van der Waals surface area contributed by atoms with Gasteiger partial charge in [0.15, 0.2) is 0 Å². The summed E-state index contributed by atoms with van der Waals surface area (Å²) in [6.07, 6.45) is 8.42. The number of benzene rings is 1. The number of halogens is 1. The quantitative estimate of drug-likeness (QED) is 0.261. The minimum Gasteiger partial charge on any atom is -0.359 e. The second-order valence-electron chi connectivity index (χ2n) is 5.93. The van der Waals surface area contributed by atoms with Gasteiger partial charge in [-0.25, -0.2) is 21.2 Å². The maximum atomic E-state index is 13.2. The van der Waals surface area contributed by atoms with Crippen molar-refractivity contribution in [2.45, 2.75) is 37.0 Å². The molecule has 0 unspecified atom stereocenters. The standard InChI is InChI=1S/C16H19FN2O4S2/c17-14-9-4-10-15(12-14)25(22,23)16(19-18)24(20,21)11-5-8-13-6-2-1-3-7-13/h4-5,8-10,12-13H,1-3,6-7,11H2. The fourth-order valence-corrected chi connectivity index (χ4v) is 6.09. The van der Waals surface area contributed by atoms with Crippen molar-refractivity contribution in [3.05, 3.63) is 47.8 Å². The molecule has 9 heteroatoms. The van der Waals surface area contributed by atoms with Crippen LogP contribution in [0.1, 0.15) is 32.1 Å². The largest absolute Gasteiger partial charge is 0.499 e. The minimum absolute atomic E-state index is 0.276. The topological polar surface area (TPSA) is 105 Å². The number of rotatable bonds is 4. The predicted octanol–water partition coefficient (Wildman–Crippen LogP) is 2.74. The third kappa shape index (κ3) is 4.84. The summed E-state index contributed by atoms with van der Waals surface area (Å²) in [5.41, 5.74) is 8.99. The highest BCUT2D eigenvalue weighted by atomic mass is 32.3. The Morgan fingerprint density at radius 1 is 1.20 bits per heavy atom. The first-order valence-corrected chi connectivity index (χ1v) is 11.0. The molecule has 136 valence electrons. The molecule has 1 aliphatic rings. The Kier molecular flexibility index (Phi) is 6.26. The highest BCUT2D eigenvalue weighted by Gasteiger charge is 2.42. The summed E-state index contributed by atoms with van der Waals surface area (Å²) >= 11 is 0. The molecule has 0 aliphatic heterocycles. The normalized spacial score (nSPS) is 16.7. The molecule has 1 saturated carbocycles. The smallest absolute Gasteiger partial charge is 0.359 e. The molecule has 2 rings (SSSR count). The van der Waals surface area contributed by atoms with Crippen molar-refractivity contribution in [2.24, 2.45) is 5.92 Å². The summed E-state index contributed by atoms with van der Waals surface area (Å²) in [5, 5.41) is 0. The maximum Gasteiger partial charge on any atom is 0.499 e. The van der Waals surface area contributed by atoms with Crippen LogP contribution in [0.3, 0.4) is 0 Å². The molecule has 1 aromatic rings. The molecule has 0 spiro atoms. The van der Waals surface area contributed by atoms with E-state index in [2.05, 4.69) is 4.79 Å². The average molecular weight is 386 g/mol. The second-order valence-corrected chi connectivity index (χ2v) is 10.0. The Bertz CT molecular complexity index is 911. The highest BCUT2D eigenvalue weighted by molar-refractivity contribution is 8.31. The zero-order valence-electron chi connectivity index (χ0n) is 13.5. The summed E-state index contributed by atoms with van der Waals surface area (Å²) in [5.74, 6) is -1.16. The fraction of sp³-hybridized carbons (Fsp3) is 0.438. The van der Waals surface area contributed by atoms with Gasteiger partial charge in [-0.05, 0) is 37.0 Å². The number of nitrogens with zero attached hydrogens (tertiary/aromatic N) is 2. The third-order valence-electron chi connectivity index (χ3n) is 4.06. The Hall–Kier alpha value is -1.83. The Labute approximate surface area is 146 Å². The van der Waals surface area contributed by atoms with Gasteiger partial charge in [-0.3, -0.25) is 0 Å². The van der Waals surface area contributed by atoms with Crippen molar-refractivity contribution in [3.63, 3.8) is 0 Å². The molecule has 0 amide bonds. The van der Waals surface area contributed by atoms with Crippen molar-refractivity contribution in [2.75, 3.05) is 5.75 Å². The van der Waals surface area contributed by atoms with E-state index in [1.165, 1.54) is 6.08 Å². The molecule has 1 aromatic carbocycles. The Balaban J connectivity index is 2.23. The van der Waals surface area contributed by atoms with E-state index < -0.39 is 40.5 Å². The van der Waals surface area contributed by atoms with E-state index in [0.717, 1.165) is 50.3 Å². The summed E-state index contributed by atoms with van der Waals surface area (Å²) < 4.78 is 61.2. The van der Waals surface area contributed by atoms with Gasteiger partial charge in [0.1, 0.15) is 5.82 Å². The van der Waals surface area contributed by atoms with Gasteiger partial charge in [-0.2, -0.15) is 0 Å². The van der Waals surface area contributed by atoms with Gasteiger partial charge in [0.25, 0.3) is 19.7 Å². The van der Waals surface area contributed by atoms with Crippen LogP contribution in [0.25, 0.3) is 5.53 Å². The molecule has 25 heavy (non-hydrogen) atoms. The lowest BCUT2D eigenvalue weighted by Crippen LogP contribution is -2.28. The van der Waals surface area contributed by atoms with E-state index in [1.807, 2.05) is 0 Å². The number of hydrogen-bond acceptors (Lipinski definition) is 4. The Morgan fingerprint density at radius 2 is 1.88 bits per heavy atom. The van der Waals surface area contributed by atoms with Crippen LogP contribution in [-0.2, 0) is 19.7 Å². The first-order valence-electron chi connectivity index (χ1n) is 7.89. The number of sulfone groups is 2. The van der Waals surface area contributed by atoms with Crippen LogP contribution in [0.2, 0.25) is 0 Å². The van der Waals surface area contributed by atoms with Gasteiger partial charge in [0.2, 0.25) is 0 Å². The molecule has 0 atom stereocenters. The molecule has 0 bridgehead atoms. The molecule has 0 aromatic heterocycles. The van der Waals surface area contributed by atoms with Crippen LogP contribution in [0, 0.1) is 11.7 Å². The van der Waals surface area contributed by atoms with Gasteiger partial charge >= 0.3 is 4.38 Å². The molecule has 6 nitrogen and oxygen atoms in total. The van der Waals surface area contributed by atoms with Gasteiger partial charge in [-0.15, -0.1) is 4.79 Å². The van der Waals surface area contributed by atoms with Crippen LogP contribution in [0.4, 0.5) is 4.39 Å². The number of allylic oxidation sites excluding steroid dienone is 1. The number of hydrogen-bond donors (Lipinski definition) is 0. The first-order chi connectivity index (χ1) is 11.8. The van der Waals surface area contributed by atoms with Crippen LogP contribution in [0.15, 0.2) is 41.3 Å². The van der Waals surface area contributed by atoms with Crippen molar-refractivity contribution in [1.82, 2.24) is 0 Å². The lowest BCUT2D eigenvalue weighted by Gasteiger charge is -2.17. The summed E-state index contributed by atoms with van der Waals surface area (Å²) in [6, 6.07) is 3.87. The molecule has 1 aliphatic carbocycles. The Morgan fingerprint density at radius 3 is 2.48 bits per heavy atom. The van der Waals surface area contributed by atoms with Gasteiger partial charge in [-0.1, -0.05) is 37.5 Å². The highest BCUT2D eigenvalue weighted by Crippen LogP contribution is 2.24. The van der Waals surface area contributed by atoms with Gasteiger partial charge in [0, 0.05) is 0 Å². The molecule has 0 N–H and O–H groups in total. The van der Waals surface area contributed by atoms with Crippen molar-refractivity contribution in [1.29, 1.82) is 0 Å². The van der Waals surface area contributed by atoms with Crippen LogP contribution >= 0.6 is 0 Å². The molecular weight excluding hydrogens is 367 g/mol. The lowest BCUT2D eigenvalue weighted by atomic mass is 9.89. The average Bonchev–Trinajstić information content (AvgIpc) is 2.55. The van der Waals surface area contributed by atoms with Crippen LogP contribution < -0.4 is 0 Å². The van der Waals surface area contributed by atoms with E-state index in [1.54, 1.807) is 6.08 Å². The fourth-order valence-electron chi connectivity index (χ4n) is 2.79.